The fourth-order valence-electron chi connectivity index (χ4n) is 1.55. The Morgan fingerprint density at radius 1 is 1.67 bits per heavy atom. The number of hydrogen-bond acceptors (Lipinski definition) is 3. The van der Waals surface area contributed by atoms with E-state index in [2.05, 4.69) is 0 Å². The molecule has 1 atom stereocenters. The van der Waals surface area contributed by atoms with Crippen LogP contribution in [0.15, 0.2) is 0 Å². The van der Waals surface area contributed by atoms with Gasteiger partial charge in [0.2, 0.25) is 5.91 Å². The Morgan fingerprint density at radius 3 is 2.80 bits per heavy atom. The Balaban J connectivity index is 2.31. The molecule has 1 rings (SSSR count). The molecule has 0 radical (unpaired) electrons. The maximum absolute atomic E-state index is 11.4. The molecule has 0 aromatic heterocycles. The lowest BCUT2D eigenvalue weighted by Gasteiger charge is -2.16. The fraction of sp³-hybridized carbons (Fsp3) is 0.800. The van der Waals surface area contributed by atoms with Crippen LogP contribution in [-0.2, 0) is 14.3 Å². The zero-order chi connectivity index (χ0) is 11.4. The predicted molar refractivity (Wildman–Crippen MR) is 53.4 cm³/mol. The number of nitrogens with zero attached hydrogens (tertiary/aromatic N) is 1. The van der Waals surface area contributed by atoms with Crippen LogP contribution >= 0.6 is 0 Å². The quantitative estimate of drug-likeness (QED) is 0.718. The lowest BCUT2D eigenvalue weighted by molar-refractivity contribution is -0.141. The lowest BCUT2D eigenvalue weighted by atomic mass is 10.1. The first-order valence-corrected chi connectivity index (χ1v) is 5.13. The first-order chi connectivity index (χ1) is 7.00. The molecule has 1 unspecified atom stereocenters. The number of carbonyl (C=O) groups is 2. The second-order valence-corrected chi connectivity index (χ2v) is 4.00. The molecule has 1 N–H and O–H groups in total. The summed E-state index contributed by atoms with van der Waals surface area (Å²) in [6, 6.07) is 0. The smallest absolute Gasteiger partial charge is 0.308 e. The molecule has 1 heterocycles. The van der Waals surface area contributed by atoms with E-state index in [1.165, 1.54) is 0 Å². The van der Waals surface area contributed by atoms with Crippen molar-refractivity contribution < 1.29 is 19.4 Å². The second-order valence-electron chi connectivity index (χ2n) is 4.00. The minimum Gasteiger partial charge on any atom is -0.481 e. The molecule has 0 spiro atoms. The topological polar surface area (TPSA) is 66.8 Å². The Kier molecular flexibility index (Phi) is 4.08. The molecule has 1 amide bonds. The monoisotopic (exact) mass is 215 g/mol. The normalized spacial score (nSPS) is 21.4. The van der Waals surface area contributed by atoms with Crippen LogP contribution in [0.3, 0.4) is 0 Å². The van der Waals surface area contributed by atoms with Gasteiger partial charge in [-0.1, -0.05) is 0 Å². The summed E-state index contributed by atoms with van der Waals surface area (Å²) in [7, 11) is 0. The van der Waals surface area contributed by atoms with E-state index in [1.807, 2.05) is 13.8 Å². The van der Waals surface area contributed by atoms with Crippen LogP contribution in [0.4, 0.5) is 0 Å². The Labute approximate surface area is 89.0 Å². The summed E-state index contributed by atoms with van der Waals surface area (Å²) in [5.74, 6) is -1.53. The molecule has 1 saturated heterocycles. The minimum atomic E-state index is -0.893. The molecule has 1 aliphatic heterocycles. The number of aliphatic carboxylic acids is 1. The molecule has 86 valence electrons. The first-order valence-electron chi connectivity index (χ1n) is 5.13. The van der Waals surface area contributed by atoms with Crippen molar-refractivity contribution in [3.8, 4) is 0 Å². The van der Waals surface area contributed by atoms with Crippen molar-refractivity contribution in [3.63, 3.8) is 0 Å². The third-order valence-corrected chi connectivity index (χ3v) is 2.38. The second kappa shape index (κ2) is 5.11. The summed E-state index contributed by atoms with van der Waals surface area (Å²) in [6.45, 7) is 5.11. The van der Waals surface area contributed by atoms with Gasteiger partial charge in [0.05, 0.1) is 18.6 Å². The van der Waals surface area contributed by atoms with Gasteiger partial charge in [0, 0.05) is 19.5 Å². The highest BCUT2D eigenvalue weighted by atomic mass is 16.5. The number of amides is 1. The molecule has 0 aliphatic carbocycles. The van der Waals surface area contributed by atoms with E-state index >= 15 is 0 Å². The van der Waals surface area contributed by atoms with Gasteiger partial charge >= 0.3 is 5.97 Å². The van der Waals surface area contributed by atoms with Gasteiger partial charge in [-0.15, -0.1) is 0 Å². The van der Waals surface area contributed by atoms with Crippen LogP contribution < -0.4 is 0 Å². The molecular weight excluding hydrogens is 198 g/mol. The number of hydrogen-bond donors (Lipinski definition) is 1. The molecule has 15 heavy (non-hydrogen) atoms. The van der Waals surface area contributed by atoms with Gasteiger partial charge < -0.3 is 14.7 Å². The largest absolute Gasteiger partial charge is 0.481 e. The van der Waals surface area contributed by atoms with Gasteiger partial charge in [0.25, 0.3) is 0 Å². The third-order valence-electron chi connectivity index (χ3n) is 2.38. The van der Waals surface area contributed by atoms with Crippen molar-refractivity contribution in [3.05, 3.63) is 0 Å². The van der Waals surface area contributed by atoms with Crippen LogP contribution in [0.25, 0.3) is 0 Å². The summed E-state index contributed by atoms with van der Waals surface area (Å²) in [5, 5.41) is 8.75. The zero-order valence-electron chi connectivity index (χ0n) is 9.10. The molecular formula is C10H17NO4. The van der Waals surface area contributed by atoms with Crippen LogP contribution in [-0.4, -0.2) is 47.7 Å². The van der Waals surface area contributed by atoms with Crippen molar-refractivity contribution in [1.29, 1.82) is 0 Å². The van der Waals surface area contributed by atoms with E-state index in [-0.39, 0.29) is 18.4 Å². The highest BCUT2D eigenvalue weighted by molar-refractivity contribution is 5.86. The van der Waals surface area contributed by atoms with Gasteiger partial charge in [-0.3, -0.25) is 9.59 Å². The lowest BCUT2D eigenvalue weighted by Crippen LogP contribution is -2.30. The van der Waals surface area contributed by atoms with Crippen LogP contribution in [0.2, 0.25) is 0 Å². The highest BCUT2D eigenvalue weighted by Gasteiger charge is 2.33. The number of carboxylic acids is 1. The van der Waals surface area contributed by atoms with E-state index in [9.17, 15) is 9.59 Å². The van der Waals surface area contributed by atoms with E-state index in [0.29, 0.717) is 19.7 Å². The van der Waals surface area contributed by atoms with Crippen molar-refractivity contribution in [1.82, 2.24) is 4.90 Å². The molecule has 5 heteroatoms. The van der Waals surface area contributed by atoms with Crippen LogP contribution in [0.1, 0.15) is 20.3 Å². The van der Waals surface area contributed by atoms with Crippen molar-refractivity contribution >= 4 is 11.9 Å². The average Bonchev–Trinajstić information content (AvgIpc) is 2.47. The zero-order valence-corrected chi connectivity index (χ0v) is 9.10. The number of rotatable bonds is 5. The van der Waals surface area contributed by atoms with E-state index in [0.717, 1.165) is 0 Å². The molecule has 0 aromatic carbocycles. The van der Waals surface area contributed by atoms with Gasteiger partial charge in [-0.2, -0.15) is 0 Å². The maximum Gasteiger partial charge on any atom is 0.308 e. The van der Waals surface area contributed by atoms with Crippen molar-refractivity contribution in [2.75, 3.05) is 19.7 Å². The fourth-order valence-corrected chi connectivity index (χ4v) is 1.55. The molecule has 0 aromatic rings. The Bertz CT molecular complexity index is 252. The van der Waals surface area contributed by atoms with Gasteiger partial charge in [0.15, 0.2) is 0 Å². The number of carboxylic acid groups (broad SMARTS) is 1. The molecule has 0 saturated carbocycles. The average molecular weight is 215 g/mol. The first kappa shape index (κ1) is 12.0. The van der Waals surface area contributed by atoms with Gasteiger partial charge in [-0.25, -0.2) is 0 Å². The van der Waals surface area contributed by atoms with Crippen molar-refractivity contribution in [2.45, 2.75) is 26.4 Å². The maximum atomic E-state index is 11.4. The van der Waals surface area contributed by atoms with E-state index in [4.69, 9.17) is 9.84 Å². The SMILES string of the molecule is CC(C)OCCN1CC(C(=O)O)CC1=O. The summed E-state index contributed by atoms with van der Waals surface area (Å²) >= 11 is 0. The van der Waals surface area contributed by atoms with Crippen molar-refractivity contribution in [2.24, 2.45) is 5.92 Å². The van der Waals surface area contributed by atoms with Gasteiger partial charge in [-0.05, 0) is 13.8 Å². The molecule has 1 fully saturated rings. The molecule has 0 bridgehead atoms. The number of likely N-dealkylation sites (tertiary alicyclic amines) is 1. The van der Waals surface area contributed by atoms with E-state index < -0.39 is 11.9 Å². The van der Waals surface area contributed by atoms with Crippen LogP contribution in [0, 0.1) is 5.92 Å². The Morgan fingerprint density at radius 2 is 2.33 bits per heavy atom. The minimum absolute atomic E-state index is 0.0882. The van der Waals surface area contributed by atoms with Gasteiger partial charge in [0.1, 0.15) is 0 Å². The summed E-state index contributed by atoms with van der Waals surface area (Å²) < 4.78 is 5.31. The number of ether oxygens (including phenoxy) is 1. The number of carbonyl (C=O) groups excluding carboxylic acids is 1. The third kappa shape index (κ3) is 3.51. The highest BCUT2D eigenvalue weighted by Crippen LogP contribution is 2.17. The Hall–Kier alpha value is -1.10. The summed E-state index contributed by atoms with van der Waals surface area (Å²) in [6.07, 6.45) is 0.259. The summed E-state index contributed by atoms with van der Waals surface area (Å²) in [5.41, 5.74) is 0. The molecule has 1 aliphatic rings. The standard InChI is InChI=1S/C10H17NO4/c1-7(2)15-4-3-11-6-8(10(13)14)5-9(11)12/h7-8H,3-6H2,1-2H3,(H,13,14). The van der Waals surface area contributed by atoms with E-state index in [1.54, 1.807) is 4.90 Å². The summed E-state index contributed by atoms with van der Waals surface area (Å²) in [4.78, 5) is 23.6. The molecule has 5 nitrogen and oxygen atoms in total. The van der Waals surface area contributed by atoms with Crippen LogP contribution in [0.5, 0.6) is 0 Å². The predicted octanol–water partition coefficient (Wildman–Crippen LogP) is 0.344.